The molecule has 0 saturated carbocycles. The van der Waals surface area contributed by atoms with Crippen LogP contribution in [0.15, 0.2) is 11.2 Å². The number of hydrogen-bond acceptors (Lipinski definition) is 5. The summed E-state index contributed by atoms with van der Waals surface area (Å²) in [5.74, 6) is 0.599. The van der Waals surface area contributed by atoms with Crippen molar-refractivity contribution in [1.82, 2.24) is 24.9 Å². The van der Waals surface area contributed by atoms with Crippen molar-refractivity contribution in [1.29, 1.82) is 0 Å². The topological polar surface area (TPSA) is 72.2 Å². The second-order valence-corrected chi connectivity index (χ2v) is 6.36. The van der Waals surface area contributed by atoms with E-state index in [1.165, 1.54) is 11.8 Å². The lowest BCUT2D eigenvalue weighted by molar-refractivity contribution is -0.120. The molecule has 114 valence electrons. The van der Waals surface area contributed by atoms with Crippen LogP contribution >= 0.6 is 11.8 Å². The molecule has 0 aromatic carbocycles. The summed E-state index contributed by atoms with van der Waals surface area (Å²) in [7, 11) is 0. The fourth-order valence-corrected chi connectivity index (χ4v) is 2.71. The number of aromatic nitrogens is 4. The Labute approximate surface area is 128 Å². The SMILES string of the molecule is CCCCNC(=O)C(C)Sc1nc2nc(C)cc(C)n2n1. The van der Waals surface area contributed by atoms with Gasteiger partial charge in [-0.15, -0.1) is 5.10 Å². The number of unbranched alkanes of at least 4 members (excludes halogenated alkanes) is 1. The summed E-state index contributed by atoms with van der Waals surface area (Å²) >= 11 is 1.35. The number of fused-ring (bicyclic) bond motifs is 1. The Morgan fingerprint density at radius 2 is 2.19 bits per heavy atom. The van der Waals surface area contributed by atoms with Crippen molar-refractivity contribution in [3.05, 3.63) is 17.5 Å². The van der Waals surface area contributed by atoms with Crippen molar-refractivity contribution in [3.63, 3.8) is 0 Å². The largest absolute Gasteiger partial charge is 0.355 e. The first kappa shape index (κ1) is 15.8. The quantitative estimate of drug-likeness (QED) is 0.654. The number of thioether (sulfide) groups is 1. The van der Waals surface area contributed by atoms with Gasteiger partial charge in [0, 0.05) is 17.9 Å². The maximum Gasteiger partial charge on any atom is 0.253 e. The summed E-state index contributed by atoms with van der Waals surface area (Å²) in [5.41, 5.74) is 1.89. The molecule has 1 unspecified atom stereocenters. The second kappa shape index (κ2) is 6.89. The average Bonchev–Trinajstić information content (AvgIpc) is 2.81. The van der Waals surface area contributed by atoms with Crippen LogP contribution in [0, 0.1) is 13.8 Å². The predicted octanol–water partition coefficient (Wildman–Crippen LogP) is 2.14. The molecule has 7 heteroatoms. The molecule has 1 atom stereocenters. The van der Waals surface area contributed by atoms with Gasteiger partial charge in [0.25, 0.3) is 5.78 Å². The zero-order valence-corrected chi connectivity index (χ0v) is 13.7. The van der Waals surface area contributed by atoms with Gasteiger partial charge < -0.3 is 5.32 Å². The van der Waals surface area contributed by atoms with E-state index in [9.17, 15) is 4.79 Å². The van der Waals surface area contributed by atoms with E-state index in [-0.39, 0.29) is 11.2 Å². The minimum atomic E-state index is -0.222. The molecule has 0 saturated heterocycles. The molecule has 0 aliphatic carbocycles. The third kappa shape index (κ3) is 3.93. The summed E-state index contributed by atoms with van der Waals surface area (Å²) in [6.45, 7) is 8.58. The molecule has 1 N–H and O–H groups in total. The molecule has 0 radical (unpaired) electrons. The molecule has 21 heavy (non-hydrogen) atoms. The molecule has 2 rings (SSSR count). The molecule has 1 amide bonds. The van der Waals surface area contributed by atoms with Crippen molar-refractivity contribution >= 4 is 23.4 Å². The second-order valence-electron chi connectivity index (χ2n) is 5.05. The highest BCUT2D eigenvalue weighted by atomic mass is 32.2. The molecule has 0 aliphatic rings. The minimum Gasteiger partial charge on any atom is -0.355 e. The van der Waals surface area contributed by atoms with Crippen molar-refractivity contribution in [2.24, 2.45) is 0 Å². The summed E-state index contributed by atoms with van der Waals surface area (Å²) in [5, 5.41) is 7.67. The zero-order valence-electron chi connectivity index (χ0n) is 12.9. The van der Waals surface area contributed by atoms with Gasteiger partial charge in [0.15, 0.2) is 0 Å². The van der Waals surface area contributed by atoms with Gasteiger partial charge in [0.2, 0.25) is 11.1 Å². The molecule has 0 bridgehead atoms. The molecule has 2 heterocycles. The van der Waals surface area contributed by atoms with E-state index in [2.05, 4.69) is 27.3 Å². The lowest BCUT2D eigenvalue weighted by atomic mass is 10.3. The lowest BCUT2D eigenvalue weighted by Gasteiger charge is -2.09. The van der Waals surface area contributed by atoms with E-state index in [1.54, 1.807) is 4.52 Å². The maximum atomic E-state index is 11.9. The summed E-state index contributed by atoms with van der Waals surface area (Å²) in [4.78, 5) is 20.7. The van der Waals surface area contributed by atoms with Crippen LogP contribution in [0.2, 0.25) is 0 Å². The van der Waals surface area contributed by atoms with Crippen molar-refractivity contribution < 1.29 is 4.79 Å². The number of nitrogens with one attached hydrogen (secondary N) is 1. The molecule has 6 nitrogen and oxygen atoms in total. The van der Waals surface area contributed by atoms with Gasteiger partial charge in [-0.25, -0.2) is 9.50 Å². The van der Waals surface area contributed by atoms with Crippen LogP contribution in [-0.4, -0.2) is 37.3 Å². The standard InChI is InChI=1S/C14H21N5OS/c1-5-6-7-15-12(20)11(4)21-14-17-13-16-9(2)8-10(3)19(13)18-14/h8,11H,5-7H2,1-4H3,(H,15,20). The lowest BCUT2D eigenvalue weighted by Crippen LogP contribution is -2.31. The van der Waals surface area contributed by atoms with Gasteiger partial charge in [-0.05, 0) is 33.3 Å². The zero-order chi connectivity index (χ0) is 15.4. The van der Waals surface area contributed by atoms with Crippen molar-refractivity contribution in [2.75, 3.05) is 6.54 Å². The van der Waals surface area contributed by atoms with Crippen LogP contribution < -0.4 is 5.32 Å². The van der Waals surface area contributed by atoms with E-state index in [1.807, 2.05) is 26.8 Å². The van der Waals surface area contributed by atoms with E-state index in [4.69, 9.17) is 0 Å². The highest BCUT2D eigenvalue weighted by Crippen LogP contribution is 2.20. The van der Waals surface area contributed by atoms with Crippen molar-refractivity contribution in [3.8, 4) is 0 Å². The summed E-state index contributed by atoms with van der Waals surface area (Å²) < 4.78 is 1.71. The van der Waals surface area contributed by atoms with E-state index < -0.39 is 0 Å². The van der Waals surface area contributed by atoms with Crippen LogP contribution in [0.1, 0.15) is 38.1 Å². The Bertz CT molecular complexity index is 640. The number of nitrogens with zero attached hydrogens (tertiary/aromatic N) is 4. The van der Waals surface area contributed by atoms with Gasteiger partial charge >= 0.3 is 0 Å². The Hall–Kier alpha value is -1.63. The number of amides is 1. The molecule has 2 aromatic heterocycles. The fourth-order valence-electron chi connectivity index (χ4n) is 1.94. The van der Waals surface area contributed by atoms with Crippen LogP contribution in [-0.2, 0) is 4.79 Å². The smallest absolute Gasteiger partial charge is 0.253 e. The monoisotopic (exact) mass is 307 g/mol. The number of hydrogen-bond donors (Lipinski definition) is 1. The predicted molar refractivity (Wildman–Crippen MR) is 83.5 cm³/mol. The highest BCUT2D eigenvalue weighted by Gasteiger charge is 2.17. The average molecular weight is 307 g/mol. The Morgan fingerprint density at radius 1 is 1.43 bits per heavy atom. The van der Waals surface area contributed by atoms with Crippen LogP contribution in [0.4, 0.5) is 0 Å². The van der Waals surface area contributed by atoms with E-state index in [0.717, 1.165) is 30.8 Å². The first-order valence-electron chi connectivity index (χ1n) is 7.16. The van der Waals surface area contributed by atoms with Crippen molar-refractivity contribution in [2.45, 2.75) is 50.9 Å². The summed E-state index contributed by atoms with van der Waals surface area (Å²) in [6, 6.07) is 1.96. The van der Waals surface area contributed by atoms with E-state index in [0.29, 0.717) is 10.9 Å². The Kier molecular flexibility index (Phi) is 5.17. The molecular weight excluding hydrogens is 286 g/mol. The maximum absolute atomic E-state index is 11.9. The molecule has 0 fully saturated rings. The molecule has 0 aliphatic heterocycles. The van der Waals surface area contributed by atoms with Gasteiger partial charge in [-0.1, -0.05) is 25.1 Å². The van der Waals surface area contributed by atoms with Gasteiger partial charge in [0.05, 0.1) is 5.25 Å². The third-order valence-corrected chi connectivity index (χ3v) is 4.03. The van der Waals surface area contributed by atoms with Crippen LogP contribution in [0.5, 0.6) is 0 Å². The fraction of sp³-hybridized carbons (Fsp3) is 0.571. The first-order valence-corrected chi connectivity index (χ1v) is 8.04. The van der Waals surface area contributed by atoms with Gasteiger partial charge in [-0.3, -0.25) is 4.79 Å². The highest BCUT2D eigenvalue weighted by molar-refractivity contribution is 8.00. The normalized spacial score (nSPS) is 12.6. The molecule has 2 aromatic rings. The third-order valence-electron chi connectivity index (χ3n) is 3.08. The minimum absolute atomic E-state index is 0.0215. The Morgan fingerprint density at radius 3 is 2.90 bits per heavy atom. The summed E-state index contributed by atoms with van der Waals surface area (Å²) in [6.07, 6.45) is 2.07. The van der Waals surface area contributed by atoms with Crippen LogP contribution in [0.25, 0.3) is 5.78 Å². The number of carbonyl (C=O) groups excluding carboxylic acids is 1. The number of aryl methyl sites for hydroxylation is 2. The number of carbonyl (C=O) groups is 1. The van der Waals surface area contributed by atoms with E-state index >= 15 is 0 Å². The van der Waals surface area contributed by atoms with Gasteiger partial charge in [0.1, 0.15) is 0 Å². The van der Waals surface area contributed by atoms with Crippen LogP contribution in [0.3, 0.4) is 0 Å². The molecule has 0 spiro atoms. The number of rotatable bonds is 6. The van der Waals surface area contributed by atoms with Gasteiger partial charge in [-0.2, -0.15) is 4.98 Å². The Balaban J connectivity index is 2.05. The first-order chi connectivity index (χ1) is 10.0. The molecular formula is C14H21N5OS.